The molecular formula is C41H53N5O6. The highest BCUT2D eigenvalue weighted by Gasteiger charge is 2.51. The topological polar surface area (TPSA) is 132 Å². The number of rotatable bonds is 14. The number of aliphatic hydroxyl groups excluding tert-OH is 1. The van der Waals surface area contributed by atoms with Crippen molar-refractivity contribution >= 4 is 23.4 Å². The predicted octanol–water partition coefficient (Wildman–Crippen LogP) is 4.71. The summed E-state index contributed by atoms with van der Waals surface area (Å²) in [5, 5.41) is 18.5. The van der Waals surface area contributed by atoms with Crippen LogP contribution in [0.5, 0.6) is 0 Å². The molecule has 3 aliphatic rings. The molecule has 1 spiro atoms. The molecule has 3 fully saturated rings. The van der Waals surface area contributed by atoms with Crippen LogP contribution in [0.2, 0.25) is 0 Å². The molecule has 6 rings (SSSR count). The molecule has 4 unspecified atom stereocenters. The minimum absolute atomic E-state index is 0.0133. The Balaban J connectivity index is 1.08. The average molecular weight is 712 g/mol. The molecular weight excluding hydrogens is 658 g/mol. The number of hydrogen-bond donors (Lipinski definition) is 4. The van der Waals surface area contributed by atoms with Crippen LogP contribution in [0, 0.1) is 5.92 Å². The average Bonchev–Trinajstić information content (AvgIpc) is 3.48. The molecule has 3 aromatic carbocycles. The molecule has 0 aliphatic carbocycles. The van der Waals surface area contributed by atoms with Gasteiger partial charge in [0.1, 0.15) is 5.54 Å². The van der Waals surface area contributed by atoms with Gasteiger partial charge in [0, 0.05) is 63.2 Å². The van der Waals surface area contributed by atoms with Crippen LogP contribution in [0.3, 0.4) is 0 Å². The van der Waals surface area contributed by atoms with Crippen molar-refractivity contribution in [3.63, 3.8) is 0 Å². The molecule has 11 nitrogen and oxygen atoms in total. The SMILES string of the molecule is CC(=O)NCCCCCC(=O)NCc1ccc(C2OC(CN3CCC4(CC3)C(=O)NCN4c3ccccc3)C(C)C(c3ccc(CO)cc3)O2)cc1. The number of benzene rings is 3. The third kappa shape index (κ3) is 9.01. The summed E-state index contributed by atoms with van der Waals surface area (Å²) in [5.74, 6) is 0.134. The van der Waals surface area contributed by atoms with Crippen LogP contribution in [0.15, 0.2) is 78.9 Å². The van der Waals surface area contributed by atoms with E-state index in [1.54, 1.807) is 0 Å². The van der Waals surface area contributed by atoms with Crippen LogP contribution in [-0.4, -0.2) is 72.2 Å². The Hall–Kier alpha value is -4.29. The Labute approximate surface area is 307 Å². The van der Waals surface area contributed by atoms with Gasteiger partial charge < -0.3 is 40.3 Å². The quantitative estimate of drug-likeness (QED) is 0.177. The zero-order chi connectivity index (χ0) is 36.5. The van der Waals surface area contributed by atoms with Crippen LogP contribution in [0.4, 0.5) is 5.69 Å². The third-order valence-corrected chi connectivity index (χ3v) is 10.8. The van der Waals surface area contributed by atoms with E-state index in [2.05, 4.69) is 44.8 Å². The fourth-order valence-electron chi connectivity index (χ4n) is 7.65. The lowest BCUT2D eigenvalue weighted by Gasteiger charge is -2.46. The number of ether oxygens (including phenoxy) is 2. The fraction of sp³-hybridized carbons (Fsp3) is 0.488. The normalized spacial score (nSPS) is 23.0. The second-order valence-electron chi connectivity index (χ2n) is 14.4. The number of piperidine rings is 1. The van der Waals surface area contributed by atoms with E-state index in [0.29, 0.717) is 32.7 Å². The first-order valence-electron chi connectivity index (χ1n) is 18.7. The Morgan fingerprint density at radius 2 is 1.58 bits per heavy atom. The van der Waals surface area contributed by atoms with Crippen LogP contribution < -0.4 is 20.9 Å². The number of carbonyl (C=O) groups is 3. The Bertz CT molecular complexity index is 1630. The van der Waals surface area contributed by atoms with Crippen molar-refractivity contribution in [1.82, 2.24) is 20.9 Å². The number of amides is 3. The maximum absolute atomic E-state index is 13.3. The van der Waals surface area contributed by atoms with Crippen molar-refractivity contribution in [2.45, 2.75) is 89.6 Å². The van der Waals surface area contributed by atoms with E-state index < -0.39 is 11.8 Å². The second-order valence-corrected chi connectivity index (χ2v) is 14.4. The number of nitrogens with one attached hydrogen (secondary N) is 3. The van der Waals surface area contributed by atoms with Gasteiger partial charge in [-0.2, -0.15) is 0 Å². The molecule has 3 heterocycles. The summed E-state index contributed by atoms with van der Waals surface area (Å²) in [5.41, 5.74) is 4.30. The summed E-state index contributed by atoms with van der Waals surface area (Å²) in [6, 6.07) is 26.1. The van der Waals surface area contributed by atoms with Gasteiger partial charge >= 0.3 is 0 Å². The van der Waals surface area contributed by atoms with Gasteiger partial charge in [-0.1, -0.05) is 80.1 Å². The molecule has 3 amide bonds. The first kappa shape index (κ1) is 37.5. The molecule has 0 bridgehead atoms. The number of likely N-dealkylation sites (tertiary alicyclic amines) is 1. The highest BCUT2D eigenvalue weighted by Crippen LogP contribution is 2.43. The van der Waals surface area contributed by atoms with E-state index in [1.165, 1.54) is 6.92 Å². The number of aliphatic hydroxyl groups is 1. The van der Waals surface area contributed by atoms with Gasteiger partial charge in [-0.05, 0) is 54.5 Å². The molecule has 0 saturated carbocycles. The first-order valence-corrected chi connectivity index (χ1v) is 18.7. The van der Waals surface area contributed by atoms with Crippen LogP contribution in [0.1, 0.15) is 87.0 Å². The summed E-state index contributed by atoms with van der Waals surface area (Å²) < 4.78 is 13.4. The van der Waals surface area contributed by atoms with Gasteiger partial charge in [0.05, 0.1) is 25.5 Å². The second kappa shape index (κ2) is 17.5. The Morgan fingerprint density at radius 3 is 2.27 bits per heavy atom. The van der Waals surface area contributed by atoms with E-state index in [9.17, 15) is 19.5 Å². The summed E-state index contributed by atoms with van der Waals surface area (Å²) in [7, 11) is 0. The van der Waals surface area contributed by atoms with Crippen molar-refractivity contribution in [3.05, 3.63) is 101 Å². The van der Waals surface area contributed by atoms with E-state index in [-0.39, 0.29) is 42.5 Å². The van der Waals surface area contributed by atoms with Gasteiger partial charge in [0.25, 0.3) is 0 Å². The number of para-hydroxylation sites is 1. The standard InChI is InChI=1S/C41H53N5O6/c1-29-36(26-45-23-20-41(21-24-45)40(50)44-28-46(41)35-9-5-3-6-10-35)51-39(52-38(29)33-16-14-32(27-47)15-17-33)34-18-12-31(13-19-34)25-43-37(49)11-7-4-8-22-42-30(2)48/h3,5-6,9-10,12-19,29,36,38-39,47H,4,7-8,11,20-28H2,1-2H3,(H,42,48)(H,43,49)(H,44,50). The van der Waals surface area contributed by atoms with E-state index in [0.717, 1.165) is 73.1 Å². The third-order valence-electron chi connectivity index (χ3n) is 10.8. The zero-order valence-corrected chi connectivity index (χ0v) is 30.4. The van der Waals surface area contributed by atoms with Gasteiger partial charge in [-0.3, -0.25) is 14.4 Å². The summed E-state index contributed by atoms with van der Waals surface area (Å²) >= 11 is 0. The molecule has 4 N–H and O–H groups in total. The molecule has 0 aromatic heterocycles. The first-order chi connectivity index (χ1) is 25.3. The maximum Gasteiger partial charge on any atom is 0.247 e. The van der Waals surface area contributed by atoms with Crippen LogP contribution in [0.25, 0.3) is 0 Å². The van der Waals surface area contributed by atoms with E-state index in [4.69, 9.17) is 9.47 Å². The van der Waals surface area contributed by atoms with Crippen molar-refractivity contribution in [2.24, 2.45) is 5.92 Å². The summed E-state index contributed by atoms with van der Waals surface area (Å²) in [6.45, 7) is 7.54. The molecule has 3 aliphatic heterocycles. The highest BCUT2D eigenvalue weighted by atomic mass is 16.7. The lowest BCUT2D eigenvalue weighted by molar-refractivity contribution is -0.276. The highest BCUT2D eigenvalue weighted by molar-refractivity contribution is 5.93. The molecule has 3 saturated heterocycles. The van der Waals surface area contributed by atoms with Gasteiger partial charge in [0.15, 0.2) is 6.29 Å². The minimum Gasteiger partial charge on any atom is -0.392 e. The van der Waals surface area contributed by atoms with Crippen molar-refractivity contribution in [2.75, 3.05) is 37.7 Å². The lowest BCUT2D eigenvalue weighted by atomic mass is 9.84. The molecule has 3 aromatic rings. The number of unbranched alkanes of at least 4 members (excludes halogenated alkanes) is 2. The van der Waals surface area contributed by atoms with Crippen molar-refractivity contribution < 1.29 is 29.0 Å². The Kier molecular flexibility index (Phi) is 12.6. The largest absolute Gasteiger partial charge is 0.392 e. The number of anilines is 1. The van der Waals surface area contributed by atoms with Crippen molar-refractivity contribution in [1.29, 1.82) is 0 Å². The lowest BCUT2D eigenvalue weighted by Crippen LogP contribution is -2.57. The molecule has 11 heteroatoms. The predicted molar refractivity (Wildman–Crippen MR) is 199 cm³/mol. The minimum atomic E-state index is -0.588. The van der Waals surface area contributed by atoms with Crippen molar-refractivity contribution in [3.8, 4) is 0 Å². The van der Waals surface area contributed by atoms with Crippen LogP contribution >= 0.6 is 0 Å². The Morgan fingerprint density at radius 1 is 0.885 bits per heavy atom. The van der Waals surface area contributed by atoms with E-state index >= 15 is 0 Å². The number of nitrogens with zero attached hydrogens (tertiary/aromatic N) is 2. The van der Waals surface area contributed by atoms with Gasteiger partial charge in [-0.15, -0.1) is 0 Å². The molecule has 4 atom stereocenters. The van der Waals surface area contributed by atoms with E-state index in [1.807, 2.05) is 66.7 Å². The maximum atomic E-state index is 13.3. The van der Waals surface area contributed by atoms with Gasteiger partial charge in [0.2, 0.25) is 17.7 Å². The van der Waals surface area contributed by atoms with Gasteiger partial charge in [-0.25, -0.2) is 0 Å². The fourth-order valence-corrected chi connectivity index (χ4v) is 7.65. The summed E-state index contributed by atoms with van der Waals surface area (Å²) in [4.78, 5) is 41.3. The summed E-state index contributed by atoms with van der Waals surface area (Å²) in [6.07, 6.45) is 3.51. The molecule has 278 valence electrons. The number of hydrogen-bond acceptors (Lipinski definition) is 8. The number of carbonyl (C=O) groups excluding carboxylic acids is 3. The smallest absolute Gasteiger partial charge is 0.247 e. The monoisotopic (exact) mass is 711 g/mol. The molecule has 0 radical (unpaired) electrons. The molecule has 52 heavy (non-hydrogen) atoms. The zero-order valence-electron chi connectivity index (χ0n) is 30.4. The van der Waals surface area contributed by atoms with Crippen LogP contribution in [-0.2, 0) is 37.0 Å².